The fraction of sp³-hybridized carbons (Fsp3) is 0.480. The molecule has 1 aliphatic rings. The molecule has 0 saturated heterocycles. The lowest BCUT2D eigenvalue weighted by molar-refractivity contribution is 0.295. The topological polar surface area (TPSA) is 72.7 Å². The molecule has 32 heavy (non-hydrogen) atoms. The molecule has 1 aliphatic carbocycles. The standard InChI is InChI=1S/C25H32N2O4.ClH/c1-28-21-7-5-18(15-23(21)30-3)11-14-27-20-9-12-25(17-26,13-10-20)19-6-8-22(29-2)24(16-19)31-4;/h5-8,15-16,20,27H,9-14H2,1-4H3;1H. The van der Waals surface area contributed by atoms with Gasteiger partial charge in [0.1, 0.15) is 0 Å². The van der Waals surface area contributed by atoms with Crippen molar-refractivity contribution in [1.29, 1.82) is 5.26 Å². The average Bonchev–Trinajstić information content (AvgIpc) is 2.83. The molecule has 0 aromatic heterocycles. The number of hydrogen-bond donors (Lipinski definition) is 1. The van der Waals surface area contributed by atoms with Crippen molar-refractivity contribution in [2.24, 2.45) is 0 Å². The van der Waals surface area contributed by atoms with Crippen LogP contribution in [0.3, 0.4) is 0 Å². The molecule has 0 spiro atoms. The maximum absolute atomic E-state index is 10.0. The van der Waals surface area contributed by atoms with Crippen LogP contribution in [-0.4, -0.2) is 41.0 Å². The van der Waals surface area contributed by atoms with E-state index in [-0.39, 0.29) is 12.4 Å². The molecule has 3 rings (SSSR count). The molecule has 6 nitrogen and oxygen atoms in total. The molecule has 0 radical (unpaired) electrons. The number of rotatable bonds is 9. The van der Waals surface area contributed by atoms with E-state index in [4.69, 9.17) is 18.9 Å². The van der Waals surface area contributed by atoms with Gasteiger partial charge in [-0.15, -0.1) is 12.4 Å². The third-order valence-corrected chi connectivity index (χ3v) is 6.28. The Bertz CT molecular complexity index is 921. The first-order chi connectivity index (χ1) is 15.1. The minimum absolute atomic E-state index is 0. The smallest absolute Gasteiger partial charge is 0.161 e. The van der Waals surface area contributed by atoms with Crippen molar-refractivity contribution in [3.8, 4) is 29.1 Å². The molecule has 0 atom stereocenters. The summed E-state index contributed by atoms with van der Waals surface area (Å²) < 4.78 is 21.5. The summed E-state index contributed by atoms with van der Waals surface area (Å²) in [7, 11) is 6.55. The molecule has 174 valence electrons. The molecule has 1 saturated carbocycles. The Morgan fingerprint density at radius 1 is 0.875 bits per heavy atom. The summed E-state index contributed by atoms with van der Waals surface area (Å²) in [6.45, 7) is 0.885. The van der Waals surface area contributed by atoms with Crippen LogP contribution < -0.4 is 24.3 Å². The minimum atomic E-state index is -0.471. The summed E-state index contributed by atoms with van der Waals surface area (Å²) in [6.07, 6.45) is 4.50. The summed E-state index contributed by atoms with van der Waals surface area (Å²) in [5.41, 5.74) is 1.75. The van der Waals surface area contributed by atoms with Crippen molar-refractivity contribution in [3.05, 3.63) is 47.5 Å². The normalized spacial score (nSPS) is 19.9. The van der Waals surface area contributed by atoms with Crippen LogP contribution in [0.15, 0.2) is 36.4 Å². The van der Waals surface area contributed by atoms with Crippen LogP contribution in [0.1, 0.15) is 36.8 Å². The van der Waals surface area contributed by atoms with Crippen molar-refractivity contribution < 1.29 is 18.9 Å². The Kier molecular flexibility index (Phi) is 9.49. The van der Waals surface area contributed by atoms with E-state index in [9.17, 15) is 5.26 Å². The van der Waals surface area contributed by atoms with Crippen molar-refractivity contribution in [2.45, 2.75) is 43.6 Å². The van der Waals surface area contributed by atoms with Crippen molar-refractivity contribution in [3.63, 3.8) is 0 Å². The molecule has 7 heteroatoms. The second-order valence-electron chi connectivity index (χ2n) is 7.93. The SMILES string of the molecule is COc1ccc(CCNC2CCC(C#N)(c3ccc(OC)c(OC)c3)CC2)cc1OC.Cl. The third kappa shape index (κ3) is 5.59. The van der Waals surface area contributed by atoms with Gasteiger partial charge >= 0.3 is 0 Å². The molecule has 1 N–H and O–H groups in total. The van der Waals surface area contributed by atoms with E-state index in [1.165, 1.54) is 5.56 Å². The van der Waals surface area contributed by atoms with E-state index in [0.29, 0.717) is 17.5 Å². The molecule has 2 aromatic carbocycles. The van der Waals surface area contributed by atoms with Crippen LogP contribution >= 0.6 is 12.4 Å². The van der Waals surface area contributed by atoms with Gasteiger partial charge in [0, 0.05) is 6.04 Å². The Morgan fingerprint density at radius 3 is 2.00 bits per heavy atom. The highest BCUT2D eigenvalue weighted by atomic mass is 35.5. The van der Waals surface area contributed by atoms with Gasteiger partial charge in [-0.1, -0.05) is 12.1 Å². The van der Waals surface area contributed by atoms with Crippen LogP contribution in [0, 0.1) is 11.3 Å². The summed E-state index contributed by atoms with van der Waals surface area (Å²) in [5.74, 6) is 2.86. The fourth-order valence-electron chi connectivity index (χ4n) is 4.37. The van der Waals surface area contributed by atoms with Gasteiger partial charge in [-0.3, -0.25) is 0 Å². The molecule has 0 heterocycles. The van der Waals surface area contributed by atoms with Crippen LogP contribution in [0.5, 0.6) is 23.0 Å². The van der Waals surface area contributed by atoms with Gasteiger partial charge in [0.15, 0.2) is 23.0 Å². The van der Waals surface area contributed by atoms with E-state index in [0.717, 1.165) is 55.7 Å². The van der Waals surface area contributed by atoms with E-state index in [1.54, 1.807) is 28.4 Å². The Hall–Kier alpha value is -2.62. The number of halogens is 1. The molecular weight excluding hydrogens is 428 g/mol. The molecule has 1 fully saturated rings. The molecular formula is C25H33ClN2O4. The van der Waals surface area contributed by atoms with Gasteiger partial charge < -0.3 is 24.3 Å². The number of benzene rings is 2. The lowest BCUT2D eigenvalue weighted by Gasteiger charge is -2.36. The zero-order valence-electron chi connectivity index (χ0n) is 19.3. The highest BCUT2D eigenvalue weighted by Crippen LogP contribution is 2.42. The van der Waals surface area contributed by atoms with Gasteiger partial charge in [0.2, 0.25) is 0 Å². The van der Waals surface area contributed by atoms with Gasteiger partial charge in [-0.2, -0.15) is 5.26 Å². The summed E-state index contributed by atoms with van der Waals surface area (Å²) in [4.78, 5) is 0. The second-order valence-corrected chi connectivity index (χ2v) is 7.93. The number of nitrogens with zero attached hydrogens (tertiary/aromatic N) is 1. The average molecular weight is 461 g/mol. The Balaban J connectivity index is 0.00000363. The van der Waals surface area contributed by atoms with Crippen molar-refractivity contribution in [1.82, 2.24) is 5.32 Å². The second kappa shape index (κ2) is 11.8. The van der Waals surface area contributed by atoms with Gasteiger partial charge in [-0.05, 0) is 74.0 Å². The number of hydrogen-bond acceptors (Lipinski definition) is 6. The fourth-order valence-corrected chi connectivity index (χ4v) is 4.37. The van der Waals surface area contributed by atoms with E-state index < -0.39 is 5.41 Å². The summed E-state index contributed by atoms with van der Waals surface area (Å²) in [5, 5.41) is 13.7. The lowest BCUT2D eigenvalue weighted by atomic mass is 9.69. The number of nitriles is 1. The quantitative estimate of drug-likeness (QED) is 0.585. The van der Waals surface area contributed by atoms with Gasteiger partial charge in [0.25, 0.3) is 0 Å². The number of nitrogens with one attached hydrogen (secondary N) is 1. The zero-order valence-corrected chi connectivity index (χ0v) is 20.1. The Labute approximate surface area is 197 Å². The first-order valence-corrected chi connectivity index (χ1v) is 10.7. The highest BCUT2D eigenvalue weighted by molar-refractivity contribution is 5.85. The van der Waals surface area contributed by atoms with E-state index in [1.807, 2.05) is 30.3 Å². The largest absolute Gasteiger partial charge is 0.493 e. The van der Waals surface area contributed by atoms with Crippen LogP contribution in [0.25, 0.3) is 0 Å². The minimum Gasteiger partial charge on any atom is -0.493 e. The predicted molar refractivity (Wildman–Crippen MR) is 128 cm³/mol. The van der Waals surface area contributed by atoms with Crippen LogP contribution in [0.4, 0.5) is 0 Å². The van der Waals surface area contributed by atoms with Gasteiger partial charge in [-0.25, -0.2) is 0 Å². The predicted octanol–water partition coefficient (Wildman–Crippen LogP) is 4.68. The monoisotopic (exact) mass is 460 g/mol. The molecule has 0 bridgehead atoms. The zero-order chi connectivity index (χ0) is 22.3. The van der Waals surface area contributed by atoms with E-state index in [2.05, 4.69) is 17.5 Å². The summed E-state index contributed by atoms with van der Waals surface area (Å²) >= 11 is 0. The number of methoxy groups -OCH3 is 4. The highest BCUT2D eigenvalue weighted by Gasteiger charge is 2.37. The van der Waals surface area contributed by atoms with Gasteiger partial charge in [0.05, 0.1) is 39.9 Å². The lowest BCUT2D eigenvalue weighted by Crippen LogP contribution is -2.39. The van der Waals surface area contributed by atoms with E-state index >= 15 is 0 Å². The van der Waals surface area contributed by atoms with Crippen molar-refractivity contribution in [2.75, 3.05) is 35.0 Å². The maximum Gasteiger partial charge on any atom is 0.161 e. The summed E-state index contributed by atoms with van der Waals surface area (Å²) in [6, 6.07) is 14.9. The first kappa shape index (κ1) is 25.6. The third-order valence-electron chi connectivity index (χ3n) is 6.28. The van der Waals surface area contributed by atoms with Crippen LogP contribution in [-0.2, 0) is 11.8 Å². The maximum atomic E-state index is 10.0. The molecule has 0 aliphatic heterocycles. The Morgan fingerprint density at radius 2 is 1.44 bits per heavy atom. The molecule has 0 unspecified atom stereocenters. The first-order valence-electron chi connectivity index (χ1n) is 10.7. The molecule has 2 aromatic rings. The van der Waals surface area contributed by atoms with Crippen LogP contribution in [0.2, 0.25) is 0 Å². The van der Waals surface area contributed by atoms with Crippen molar-refractivity contribution >= 4 is 12.4 Å². The number of ether oxygens (including phenoxy) is 4. The molecule has 0 amide bonds.